The van der Waals surface area contributed by atoms with E-state index in [-0.39, 0.29) is 11.8 Å². The normalized spacial score (nSPS) is 22.9. The molecule has 2 aliphatic heterocycles. The number of ether oxygens (including phenoxy) is 1. The van der Waals surface area contributed by atoms with Gasteiger partial charge in [-0.05, 0) is 55.5 Å². The summed E-state index contributed by atoms with van der Waals surface area (Å²) in [7, 11) is 3.53. The van der Waals surface area contributed by atoms with E-state index in [1.54, 1.807) is 25.2 Å². The van der Waals surface area contributed by atoms with Crippen LogP contribution in [0.3, 0.4) is 0 Å². The van der Waals surface area contributed by atoms with Crippen molar-refractivity contribution in [3.05, 3.63) is 64.9 Å². The summed E-state index contributed by atoms with van der Waals surface area (Å²) in [6.45, 7) is 2.02. The Hall–Kier alpha value is -2.44. The highest BCUT2D eigenvalue weighted by molar-refractivity contribution is 6.30. The van der Waals surface area contributed by atoms with E-state index < -0.39 is 10.8 Å². The molecule has 0 unspecified atom stereocenters. The number of carbonyl (C=O) groups excluding carboxylic acids is 2. The maximum absolute atomic E-state index is 14.2. The van der Waals surface area contributed by atoms with Crippen LogP contribution in [0.25, 0.3) is 0 Å². The average Bonchev–Trinajstić information content (AvgIpc) is 2.84. The fourth-order valence-electron chi connectivity index (χ4n) is 5.21. The summed E-state index contributed by atoms with van der Waals surface area (Å²) in [5, 5.41) is 0.645. The minimum absolute atomic E-state index is 0.0128. The van der Waals surface area contributed by atoms with Gasteiger partial charge in [-0.2, -0.15) is 0 Å². The lowest BCUT2D eigenvalue weighted by Crippen LogP contribution is -2.59. The van der Waals surface area contributed by atoms with Crippen LogP contribution in [-0.4, -0.2) is 67.0 Å². The van der Waals surface area contributed by atoms with Crippen LogP contribution < -0.4 is 0 Å². The molecule has 170 valence electrons. The summed E-state index contributed by atoms with van der Waals surface area (Å²) >= 11 is 6.12. The van der Waals surface area contributed by atoms with Gasteiger partial charge in [0.15, 0.2) is 0 Å². The van der Waals surface area contributed by atoms with Crippen LogP contribution in [0.2, 0.25) is 5.02 Å². The highest BCUT2D eigenvalue weighted by atomic mass is 35.5. The van der Waals surface area contributed by atoms with Gasteiger partial charge in [-0.3, -0.25) is 14.6 Å². The van der Waals surface area contributed by atoms with Crippen LogP contribution in [0.5, 0.6) is 0 Å². The van der Waals surface area contributed by atoms with E-state index in [9.17, 15) is 9.59 Å². The second kappa shape index (κ2) is 9.20. The zero-order chi connectivity index (χ0) is 22.8. The zero-order valence-corrected chi connectivity index (χ0v) is 19.5. The van der Waals surface area contributed by atoms with Gasteiger partial charge in [-0.25, -0.2) is 0 Å². The Balaban J connectivity index is 1.72. The van der Waals surface area contributed by atoms with Crippen molar-refractivity contribution >= 4 is 23.4 Å². The van der Waals surface area contributed by atoms with Crippen LogP contribution in [0, 0.1) is 0 Å². The molecule has 0 N–H and O–H groups in total. The summed E-state index contributed by atoms with van der Waals surface area (Å²) in [4.78, 5) is 35.7. The minimum Gasteiger partial charge on any atom is -0.381 e. The number of hydrogen-bond donors (Lipinski definition) is 0. The molecule has 2 amide bonds. The second-order valence-electron chi connectivity index (χ2n) is 9.03. The first-order valence-electron chi connectivity index (χ1n) is 11.2. The molecule has 2 aliphatic rings. The molecular formula is C25H30ClN3O3. The molecule has 3 heterocycles. The number of amides is 2. The predicted molar refractivity (Wildman–Crippen MR) is 124 cm³/mol. The lowest BCUT2D eigenvalue weighted by Gasteiger charge is -2.46. The number of likely N-dealkylation sites (tertiary alicyclic amines) is 1. The first-order valence-corrected chi connectivity index (χ1v) is 11.5. The summed E-state index contributed by atoms with van der Waals surface area (Å²) in [6, 6.07) is 13.2. The SMILES string of the molecule is CN(C)C(=O)[C@@]1(c2ccccn2)CCCN(C(=O)C2(c3ccc(Cl)cc3)CCOCC2)C1. The molecule has 32 heavy (non-hydrogen) atoms. The summed E-state index contributed by atoms with van der Waals surface area (Å²) in [6.07, 6.45) is 4.36. The standard InChI is InChI=1S/C25H30ClN3O3/c1-28(2)22(30)25(21-6-3-4-14-27-21)11-5-15-29(18-25)23(31)24(12-16-32-17-13-24)19-7-9-20(26)10-8-19/h3-4,6-10,14H,5,11-13,15-18H2,1-2H3/t25-/m0/s1. The monoisotopic (exact) mass is 455 g/mol. The molecule has 1 aromatic heterocycles. The van der Waals surface area contributed by atoms with Gasteiger partial charge in [0.2, 0.25) is 11.8 Å². The van der Waals surface area contributed by atoms with Crippen molar-refractivity contribution in [1.82, 2.24) is 14.8 Å². The van der Waals surface area contributed by atoms with Crippen LogP contribution in [0.15, 0.2) is 48.7 Å². The molecule has 0 bridgehead atoms. The molecule has 0 spiro atoms. The van der Waals surface area contributed by atoms with Gasteiger partial charge in [0, 0.05) is 51.6 Å². The van der Waals surface area contributed by atoms with Gasteiger partial charge >= 0.3 is 0 Å². The van der Waals surface area contributed by atoms with E-state index in [0.717, 1.165) is 17.7 Å². The Kier molecular flexibility index (Phi) is 6.54. The molecule has 6 nitrogen and oxygen atoms in total. The highest BCUT2D eigenvalue weighted by Gasteiger charge is 2.51. The molecule has 0 aliphatic carbocycles. The molecule has 4 rings (SSSR count). The Morgan fingerprint density at radius 1 is 1.03 bits per heavy atom. The van der Waals surface area contributed by atoms with Gasteiger partial charge in [0.05, 0.1) is 11.1 Å². The molecule has 0 radical (unpaired) electrons. The number of benzene rings is 1. The average molecular weight is 456 g/mol. The molecule has 1 atom stereocenters. The summed E-state index contributed by atoms with van der Waals surface area (Å²) in [5.41, 5.74) is 0.175. The van der Waals surface area contributed by atoms with Crippen molar-refractivity contribution in [1.29, 1.82) is 0 Å². The maximum Gasteiger partial charge on any atom is 0.236 e. The number of rotatable bonds is 4. The molecule has 2 saturated heterocycles. The van der Waals surface area contributed by atoms with Crippen molar-refractivity contribution in [3.8, 4) is 0 Å². The zero-order valence-electron chi connectivity index (χ0n) is 18.7. The number of pyridine rings is 1. The van der Waals surface area contributed by atoms with Gasteiger partial charge in [-0.1, -0.05) is 29.8 Å². The number of aromatic nitrogens is 1. The number of halogens is 1. The third-order valence-electron chi connectivity index (χ3n) is 6.90. The van der Waals surface area contributed by atoms with Crippen LogP contribution in [0.4, 0.5) is 0 Å². The van der Waals surface area contributed by atoms with Crippen LogP contribution >= 0.6 is 11.6 Å². The Morgan fingerprint density at radius 3 is 2.38 bits per heavy atom. The molecule has 1 aromatic carbocycles. The fraction of sp³-hybridized carbons (Fsp3) is 0.480. The van der Waals surface area contributed by atoms with Crippen LogP contribution in [0.1, 0.15) is 36.9 Å². The van der Waals surface area contributed by atoms with E-state index in [1.807, 2.05) is 47.4 Å². The Bertz CT molecular complexity index is 958. The molecular weight excluding hydrogens is 426 g/mol. The number of carbonyl (C=O) groups is 2. The smallest absolute Gasteiger partial charge is 0.236 e. The first-order chi connectivity index (χ1) is 15.4. The van der Waals surface area contributed by atoms with Gasteiger partial charge in [0.25, 0.3) is 0 Å². The lowest BCUT2D eigenvalue weighted by molar-refractivity contribution is -0.147. The molecule has 2 fully saturated rings. The number of hydrogen-bond acceptors (Lipinski definition) is 4. The summed E-state index contributed by atoms with van der Waals surface area (Å²) in [5.74, 6) is 0.0518. The molecule has 0 saturated carbocycles. The van der Waals surface area contributed by atoms with Crippen molar-refractivity contribution < 1.29 is 14.3 Å². The Labute approximate surface area is 194 Å². The van der Waals surface area contributed by atoms with Gasteiger partial charge in [-0.15, -0.1) is 0 Å². The molecule has 2 aromatic rings. The van der Waals surface area contributed by atoms with Crippen LogP contribution in [-0.2, 0) is 25.2 Å². The lowest BCUT2D eigenvalue weighted by atomic mass is 9.70. The fourth-order valence-corrected chi connectivity index (χ4v) is 5.34. The van der Waals surface area contributed by atoms with E-state index in [4.69, 9.17) is 16.3 Å². The largest absolute Gasteiger partial charge is 0.381 e. The maximum atomic E-state index is 14.2. The second-order valence-corrected chi connectivity index (χ2v) is 9.46. The number of likely N-dealkylation sites (N-methyl/N-ethyl adjacent to an activating group) is 1. The van der Waals surface area contributed by atoms with Crippen molar-refractivity contribution in [3.63, 3.8) is 0 Å². The number of piperidine rings is 1. The van der Waals surface area contributed by atoms with Crippen molar-refractivity contribution in [2.75, 3.05) is 40.4 Å². The minimum atomic E-state index is -0.842. The predicted octanol–water partition coefficient (Wildman–Crippen LogP) is 3.43. The van der Waals surface area contributed by atoms with Gasteiger partial charge in [0.1, 0.15) is 5.41 Å². The first kappa shape index (κ1) is 22.7. The van der Waals surface area contributed by atoms with Crippen molar-refractivity contribution in [2.24, 2.45) is 0 Å². The summed E-state index contributed by atoms with van der Waals surface area (Å²) < 4.78 is 5.62. The quantitative estimate of drug-likeness (QED) is 0.708. The van der Waals surface area contributed by atoms with E-state index in [0.29, 0.717) is 50.6 Å². The van der Waals surface area contributed by atoms with E-state index in [2.05, 4.69) is 4.98 Å². The Morgan fingerprint density at radius 2 is 1.75 bits per heavy atom. The third-order valence-corrected chi connectivity index (χ3v) is 7.15. The molecule has 7 heteroatoms. The van der Waals surface area contributed by atoms with E-state index >= 15 is 0 Å². The van der Waals surface area contributed by atoms with Crippen molar-refractivity contribution in [2.45, 2.75) is 36.5 Å². The number of nitrogens with zero attached hydrogens (tertiary/aromatic N) is 3. The highest BCUT2D eigenvalue weighted by Crippen LogP contribution is 2.41. The van der Waals surface area contributed by atoms with E-state index in [1.165, 1.54) is 0 Å². The topological polar surface area (TPSA) is 62.7 Å². The van der Waals surface area contributed by atoms with Gasteiger partial charge < -0.3 is 14.5 Å². The third kappa shape index (κ3) is 4.02.